The molecule has 0 saturated heterocycles. The largest absolute Gasteiger partial charge is 0.308 e. The number of pyridine rings is 1. The molecule has 2 nitrogen and oxygen atoms in total. The minimum atomic E-state index is 0.255. The fourth-order valence-electron chi connectivity index (χ4n) is 2.34. The maximum absolute atomic E-state index is 6.03. The van der Waals surface area contributed by atoms with Gasteiger partial charge < -0.3 is 5.32 Å². The Bertz CT molecular complexity index is 565. The van der Waals surface area contributed by atoms with E-state index >= 15 is 0 Å². The summed E-state index contributed by atoms with van der Waals surface area (Å²) in [4.78, 5) is 5.94. The molecule has 1 unspecified atom stereocenters. The lowest BCUT2D eigenvalue weighted by atomic mass is 10.0. The van der Waals surface area contributed by atoms with Crippen molar-refractivity contribution in [3.05, 3.63) is 50.4 Å². The van der Waals surface area contributed by atoms with Crippen LogP contribution in [0.5, 0.6) is 0 Å². The molecule has 2 aromatic heterocycles. The minimum Gasteiger partial charge on any atom is -0.308 e. The SMILES string of the molecule is CCCNC(Cc1ccc(Cl)s1)c1ncc(C)cc1C. The third-order valence-electron chi connectivity index (χ3n) is 3.26. The molecule has 2 heterocycles. The standard InChI is InChI=1S/C16H21ClN2S/c1-4-7-18-14(9-13-5-6-15(17)20-13)16-12(3)8-11(2)10-19-16/h5-6,8,10,14,18H,4,7,9H2,1-3H3. The van der Waals surface area contributed by atoms with Gasteiger partial charge in [-0.25, -0.2) is 0 Å². The molecular weight excluding hydrogens is 288 g/mol. The van der Waals surface area contributed by atoms with Crippen LogP contribution in [0.25, 0.3) is 0 Å². The van der Waals surface area contributed by atoms with Gasteiger partial charge in [0.15, 0.2) is 0 Å². The minimum absolute atomic E-state index is 0.255. The Balaban J connectivity index is 2.22. The van der Waals surface area contributed by atoms with Gasteiger partial charge in [-0.1, -0.05) is 24.6 Å². The summed E-state index contributed by atoms with van der Waals surface area (Å²) in [5.74, 6) is 0. The smallest absolute Gasteiger partial charge is 0.0931 e. The summed E-state index contributed by atoms with van der Waals surface area (Å²) in [6.07, 6.45) is 4.01. The van der Waals surface area contributed by atoms with Crippen LogP contribution in [0, 0.1) is 13.8 Å². The summed E-state index contributed by atoms with van der Waals surface area (Å²) in [5.41, 5.74) is 3.61. The number of hydrogen-bond donors (Lipinski definition) is 1. The molecule has 108 valence electrons. The highest BCUT2D eigenvalue weighted by Gasteiger charge is 2.16. The fourth-order valence-corrected chi connectivity index (χ4v) is 3.47. The predicted octanol–water partition coefficient (Wildman–Crippen LogP) is 4.70. The first-order valence-electron chi connectivity index (χ1n) is 7.01. The van der Waals surface area contributed by atoms with Crippen molar-refractivity contribution in [1.82, 2.24) is 10.3 Å². The van der Waals surface area contributed by atoms with Gasteiger partial charge in [-0.3, -0.25) is 4.98 Å². The van der Waals surface area contributed by atoms with E-state index in [2.05, 4.69) is 43.2 Å². The second kappa shape index (κ2) is 7.21. The van der Waals surface area contributed by atoms with Crippen LogP contribution in [0.3, 0.4) is 0 Å². The quantitative estimate of drug-likeness (QED) is 0.837. The normalized spacial score (nSPS) is 12.6. The van der Waals surface area contributed by atoms with E-state index in [0.717, 1.165) is 29.4 Å². The maximum atomic E-state index is 6.03. The van der Waals surface area contributed by atoms with E-state index in [4.69, 9.17) is 11.6 Å². The van der Waals surface area contributed by atoms with Crippen LogP contribution in [-0.2, 0) is 6.42 Å². The zero-order valence-corrected chi connectivity index (χ0v) is 13.8. The summed E-state index contributed by atoms with van der Waals surface area (Å²) < 4.78 is 0.850. The second-order valence-corrected chi connectivity index (χ2v) is 6.93. The second-order valence-electron chi connectivity index (χ2n) is 5.13. The molecule has 1 N–H and O–H groups in total. The van der Waals surface area contributed by atoms with Gasteiger partial charge in [-0.05, 0) is 50.1 Å². The highest BCUT2D eigenvalue weighted by Crippen LogP contribution is 2.27. The monoisotopic (exact) mass is 308 g/mol. The molecule has 4 heteroatoms. The van der Waals surface area contributed by atoms with Crippen LogP contribution >= 0.6 is 22.9 Å². The van der Waals surface area contributed by atoms with E-state index in [0.29, 0.717) is 0 Å². The zero-order chi connectivity index (χ0) is 14.5. The molecule has 0 saturated carbocycles. The molecule has 0 spiro atoms. The molecule has 0 radical (unpaired) electrons. The first-order chi connectivity index (χ1) is 9.60. The van der Waals surface area contributed by atoms with Gasteiger partial charge in [0.25, 0.3) is 0 Å². The van der Waals surface area contributed by atoms with Gasteiger partial charge in [0.2, 0.25) is 0 Å². The Labute approximate surface area is 130 Å². The van der Waals surface area contributed by atoms with E-state index in [-0.39, 0.29) is 6.04 Å². The first kappa shape index (κ1) is 15.5. The van der Waals surface area contributed by atoms with Crippen molar-refractivity contribution in [3.63, 3.8) is 0 Å². The first-order valence-corrected chi connectivity index (χ1v) is 8.20. The van der Waals surface area contributed by atoms with Crippen LogP contribution in [-0.4, -0.2) is 11.5 Å². The zero-order valence-electron chi connectivity index (χ0n) is 12.2. The third-order valence-corrected chi connectivity index (χ3v) is 4.51. The average Bonchev–Trinajstić information content (AvgIpc) is 2.80. The number of aryl methyl sites for hydroxylation is 2. The summed E-state index contributed by atoms with van der Waals surface area (Å²) in [5, 5.41) is 3.60. The molecule has 0 aliphatic carbocycles. The number of rotatable bonds is 6. The van der Waals surface area contributed by atoms with Crippen LogP contribution in [0.4, 0.5) is 0 Å². The molecular formula is C16H21ClN2S. The molecule has 0 aromatic carbocycles. The number of nitrogens with one attached hydrogen (secondary N) is 1. The number of hydrogen-bond acceptors (Lipinski definition) is 3. The lowest BCUT2D eigenvalue weighted by molar-refractivity contribution is 0.518. The van der Waals surface area contributed by atoms with Crippen molar-refractivity contribution in [2.45, 2.75) is 39.7 Å². The van der Waals surface area contributed by atoms with Crippen LogP contribution in [0.2, 0.25) is 4.34 Å². The molecule has 2 aromatic rings. The Morgan fingerprint density at radius 3 is 2.75 bits per heavy atom. The molecule has 0 fully saturated rings. The Morgan fingerprint density at radius 2 is 2.15 bits per heavy atom. The molecule has 0 aliphatic heterocycles. The number of nitrogens with zero attached hydrogens (tertiary/aromatic N) is 1. The lowest BCUT2D eigenvalue weighted by Crippen LogP contribution is -2.25. The van der Waals surface area contributed by atoms with Gasteiger partial charge in [-0.2, -0.15) is 0 Å². The van der Waals surface area contributed by atoms with E-state index in [1.165, 1.54) is 16.0 Å². The van der Waals surface area contributed by atoms with Crippen molar-refractivity contribution in [1.29, 1.82) is 0 Å². The Kier molecular flexibility index (Phi) is 5.58. The Morgan fingerprint density at radius 1 is 1.35 bits per heavy atom. The van der Waals surface area contributed by atoms with Crippen molar-refractivity contribution in [3.8, 4) is 0 Å². The van der Waals surface area contributed by atoms with Gasteiger partial charge in [0.05, 0.1) is 16.1 Å². The van der Waals surface area contributed by atoms with Gasteiger partial charge in [-0.15, -0.1) is 11.3 Å². The molecule has 2 rings (SSSR count). The van der Waals surface area contributed by atoms with E-state index in [9.17, 15) is 0 Å². The van der Waals surface area contributed by atoms with E-state index in [1.807, 2.05) is 12.3 Å². The average molecular weight is 309 g/mol. The predicted molar refractivity (Wildman–Crippen MR) is 87.8 cm³/mol. The summed E-state index contributed by atoms with van der Waals surface area (Å²) >= 11 is 7.68. The van der Waals surface area contributed by atoms with E-state index in [1.54, 1.807) is 11.3 Å². The highest BCUT2D eigenvalue weighted by molar-refractivity contribution is 7.16. The van der Waals surface area contributed by atoms with Crippen LogP contribution in [0.1, 0.15) is 41.1 Å². The molecule has 1 atom stereocenters. The van der Waals surface area contributed by atoms with Gasteiger partial charge in [0.1, 0.15) is 0 Å². The van der Waals surface area contributed by atoms with Crippen LogP contribution < -0.4 is 5.32 Å². The van der Waals surface area contributed by atoms with Crippen molar-refractivity contribution < 1.29 is 0 Å². The number of aromatic nitrogens is 1. The third kappa shape index (κ3) is 4.05. The molecule has 0 aliphatic rings. The maximum Gasteiger partial charge on any atom is 0.0931 e. The van der Waals surface area contributed by atoms with Gasteiger partial charge >= 0.3 is 0 Å². The fraction of sp³-hybridized carbons (Fsp3) is 0.438. The number of halogens is 1. The van der Waals surface area contributed by atoms with E-state index < -0.39 is 0 Å². The van der Waals surface area contributed by atoms with Crippen molar-refractivity contribution >= 4 is 22.9 Å². The van der Waals surface area contributed by atoms with Crippen molar-refractivity contribution in [2.75, 3.05) is 6.54 Å². The molecule has 0 bridgehead atoms. The lowest BCUT2D eigenvalue weighted by Gasteiger charge is -2.19. The number of thiophene rings is 1. The Hall–Kier alpha value is -0.900. The highest BCUT2D eigenvalue weighted by atomic mass is 35.5. The topological polar surface area (TPSA) is 24.9 Å². The van der Waals surface area contributed by atoms with Gasteiger partial charge in [0, 0.05) is 17.5 Å². The summed E-state index contributed by atoms with van der Waals surface area (Å²) in [6, 6.07) is 6.53. The summed E-state index contributed by atoms with van der Waals surface area (Å²) in [6.45, 7) is 7.40. The van der Waals surface area contributed by atoms with Crippen LogP contribution in [0.15, 0.2) is 24.4 Å². The molecule has 20 heavy (non-hydrogen) atoms. The molecule has 0 amide bonds. The summed E-state index contributed by atoms with van der Waals surface area (Å²) in [7, 11) is 0. The van der Waals surface area contributed by atoms with Crippen molar-refractivity contribution in [2.24, 2.45) is 0 Å².